The Balaban J connectivity index is 1.55. The zero-order valence-corrected chi connectivity index (χ0v) is 10.2. The van der Waals surface area contributed by atoms with Crippen LogP contribution >= 0.6 is 0 Å². The van der Waals surface area contributed by atoms with E-state index in [1.165, 1.54) is 19.3 Å². The maximum absolute atomic E-state index is 4.40. The van der Waals surface area contributed by atoms with E-state index in [0.29, 0.717) is 12.1 Å². The summed E-state index contributed by atoms with van der Waals surface area (Å²) in [4.78, 5) is 0. The Kier molecular flexibility index (Phi) is 3.29. The van der Waals surface area contributed by atoms with Gasteiger partial charge in [-0.3, -0.25) is 0 Å². The fraction of sp³-hybridized carbons (Fsp3) is 0.750. The molecule has 2 saturated heterocycles. The first kappa shape index (κ1) is 11.0. The highest BCUT2D eigenvalue weighted by Crippen LogP contribution is 2.17. The minimum Gasteiger partial charge on any atom is -0.369 e. The van der Waals surface area contributed by atoms with Crippen LogP contribution in [-0.2, 0) is 0 Å². The highest BCUT2D eigenvalue weighted by molar-refractivity contribution is 5.35. The molecule has 94 valence electrons. The van der Waals surface area contributed by atoms with Gasteiger partial charge < -0.3 is 16.0 Å². The van der Waals surface area contributed by atoms with Gasteiger partial charge in [0.1, 0.15) is 5.82 Å². The van der Waals surface area contributed by atoms with Crippen LogP contribution in [0, 0.1) is 0 Å². The van der Waals surface area contributed by atoms with E-state index in [1.807, 2.05) is 6.20 Å². The van der Waals surface area contributed by atoms with E-state index in [1.54, 1.807) is 0 Å². The van der Waals surface area contributed by atoms with Crippen LogP contribution in [0.4, 0.5) is 5.82 Å². The quantitative estimate of drug-likeness (QED) is 0.714. The highest BCUT2D eigenvalue weighted by atomic mass is 15.4. The number of hydrogen-bond acceptors (Lipinski definition) is 4. The van der Waals surface area contributed by atoms with Gasteiger partial charge in [-0.15, -0.1) is 0 Å². The van der Waals surface area contributed by atoms with Gasteiger partial charge in [-0.05, 0) is 19.4 Å². The van der Waals surface area contributed by atoms with Crippen molar-refractivity contribution >= 4 is 5.82 Å². The van der Waals surface area contributed by atoms with Crippen LogP contribution < -0.4 is 16.0 Å². The number of piperidine rings is 1. The summed E-state index contributed by atoms with van der Waals surface area (Å²) in [6.45, 7) is 4.25. The van der Waals surface area contributed by atoms with E-state index < -0.39 is 0 Å². The van der Waals surface area contributed by atoms with Crippen molar-refractivity contribution in [3.63, 3.8) is 0 Å². The first-order valence-corrected chi connectivity index (χ1v) is 6.65. The summed E-state index contributed by atoms with van der Waals surface area (Å²) >= 11 is 0. The molecule has 2 fully saturated rings. The maximum Gasteiger partial charge on any atom is 0.124 e. The second-order valence-corrected chi connectivity index (χ2v) is 5.00. The Morgan fingerprint density at radius 3 is 3.06 bits per heavy atom. The molecule has 0 bridgehead atoms. The molecule has 0 aromatic carbocycles. The molecule has 5 nitrogen and oxygen atoms in total. The second kappa shape index (κ2) is 5.06. The number of rotatable bonds is 4. The van der Waals surface area contributed by atoms with E-state index in [0.717, 1.165) is 32.0 Å². The molecule has 0 radical (unpaired) electrons. The van der Waals surface area contributed by atoms with Crippen molar-refractivity contribution in [1.82, 2.24) is 20.4 Å². The monoisotopic (exact) mass is 235 g/mol. The molecule has 0 amide bonds. The van der Waals surface area contributed by atoms with Gasteiger partial charge in [0.25, 0.3) is 0 Å². The van der Waals surface area contributed by atoms with Crippen LogP contribution in [-0.4, -0.2) is 42.0 Å². The average molecular weight is 235 g/mol. The van der Waals surface area contributed by atoms with Crippen molar-refractivity contribution in [3.05, 3.63) is 12.3 Å². The fourth-order valence-electron chi connectivity index (χ4n) is 2.52. The molecule has 1 aromatic heterocycles. The Labute approximate surface area is 102 Å². The lowest BCUT2D eigenvalue weighted by atomic mass is 10.1. The number of nitrogens with zero attached hydrogens (tertiary/aromatic N) is 2. The molecule has 1 aromatic rings. The zero-order valence-electron chi connectivity index (χ0n) is 10.2. The summed E-state index contributed by atoms with van der Waals surface area (Å²) in [7, 11) is 0. The van der Waals surface area contributed by atoms with Crippen molar-refractivity contribution in [2.45, 2.75) is 31.3 Å². The van der Waals surface area contributed by atoms with E-state index in [4.69, 9.17) is 0 Å². The van der Waals surface area contributed by atoms with E-state index >= 15 is 0 Å². The standard InChI is InChI=1S/C12H21N5/c1-2-5-14-10(3-1)7-15-12-4-6-16-17(12)11-8-13-9-11/h4,6,10-11,13-15H,1-3,5,7-9H2/t10-/m1/s1. The molecular weight excluding hydrogens is 214 g/mol. The maximum atomic E-state index is 4.40. The molecular formula is C12H21N5. The van der Waals surface area contributed by atoms with Gasteiger partial charge in [0.15, 0.2) is 0 Å². The largest absolute Gasteiger partial charge is 0.369 e. The van der Waals surface area contributed by atoms with Crippen molar-refractivity contribution in [3.8, 4) is 0 Å². The summed E-state index contributed by atoms with van der Waals surface area (Å²) in [5, 5.41) is 14.8. The molecule has 0 saturated carbocycles. The molecule has 0 aliphatic carbocycles. The molecule has 3 N–H and O–H groups in total. The average Bonchev–Trinajstić information content (AvgIpc) is 2.74. The van der Waals surface area contributed by atoms with E-state index in [9.17, 15) is 0 Å². The van der Waals surface area contributed by atoms with Gasteiger partial charge in [0.05, 0.1) is 12.2 Å². The molecule has 5 heteroatoms. The Hall–Kier alpha value is -1.07. The van der Waals surface area contributed by atoms with Crippen molar-refractivity contribution < 1.29 is 0 Å². The first-order valence-electron chi connectivity index (χ1n) is 6.65. The number of nitrogens with one attached hydrogen (secondary N) is 3. The molecule has 3 heterocycles. The van der Waals surface area contributed by atoms with Gasteiger partial charge >= 0.3 is 0 Å². The summed E-state index contributed by atoms with van der Waals surface area (Å²) in [6, 6.07) is 3.22. The van der Waals surface area contributed by atoms with Crippen LogP contribution in [0.5, 0.6) is 0 Å². The van der Waals surface area contributed by atoms with Crippen LogP contribution in [0.1, 0.15) is 25.3 Å². The van der Waals surface area contributed by atoms with Gasteiger partial charge in [-0.25, -0.2) is 4.68 Å². The predicted octanol–water partition coefficient (Wildman–Crippen LogP) is 0.581. The SMILES string of the molecule is c1cc(NC[C@H]2CCCCN2)n(C2CNC2)n1. The summed E-state index contributed by atoms with van der Waals surface area (Å²) < 4.78 is 2.11. The smallest absolute Gasteiger partial charge is 0.124 e. The van der Waals surface area contributed by atoms with Crippen LogP contribution in [0.3, 0.4) is 0 Å². The lowest BCUT2D eigenvalue weighted by molar-refractivity contribution is 0.320. The third-order valence-corrected chi connectivity index (χ3v) is 3.72. The second-order valence-electron chi connectivity index (χ2n) is 5.00. The van der Waals surface area contributed by atoms with E-state index in [2.05, 4.69) is 31.8 Å². The van der Waals surface area contributed by atoms with Gasteiger partial charge in [0.2, 0.25) is 0 Å². The van der Waals surface area contributed by atoms with Crippen molar-refractivity contribution in [1.29, 1.82) is 0 Å². The number of anilines is 1. The third kappa shape index (κ3) is 2.45. The summed E-state index contributed by atoms with van der Waals surface area (Å²) in [6.07, 6.45) is 5.84. The van der Waals surface area contributed by atoms with Crippen LogP contribution in [0.15, 0.2) is 12.3 Å². The Bertz CT molecular complexity index is 352. The third-order valence-electron chi connectivity index (χ3n) is 3.72. The van der Waals surface area contributed by atoms with E-state index in [-0.39, 0.29) is 0 Å². The first-order chi connectivity index (χ1) is 8.43. The van der Waals surface area contributed by atoms with Crippen molar-refractivity contribution in [2.24, 2.45) is 0 Å². The lowest BCUT2D eigenvalue weighted by Crippen LogP contribution is -2.44. The molecule has 2 aliphatic heterocycles. The Morgan fingerprint density at radius 1 is 1.41 bits per heavy atom. The normalized spacial score (nSPS) is 25.5. The summed E-state index contributed by atoms with van der Waals surface area (Å²) in [5.74, 6) is 1.16. The predicted molar refractivity (Wildman–Crippen MR) is 68.3 cm³/mol. The highest BCUT2D eigenvalue weighted by Gasteiger charge is 2.21. The topological polar surface area (TPSA) is 53.9 Å². The summed E-state index contributed by atoms with van der Waals surface area (Å²) in [5.41, 5.74) is 0. The fourth-order valence-corrected chi connectivity index (χ4v) is 2.52. The minimum absolute atomic E-state index is 0.534. The Morgan fingerprint density at radius 2 is 2.35 bits per heavy atom. The molecule has 2 aliphatic rings. The van der Waals surface area contributed by atoms with Crippen LogP contribution in [0.2, 0.25) is 0 Å². The van der Waals surface area contributed by atoms with Crippen molar-refractivity contribution in [2.75, 3.05) is 31.5 Å². The molecule has 3 rings (SSSR count). The molecule has 0 unspecified atom stereocenters. The zero-order chi connectivity index (χ0) is 11.5. The minimum atomic E-state index is 0.534. The number of aromatic nitrogens is 2. The van der Waals surface area contributed by atoms with Gasteiger partial charge in [-0.1, -0.05) is 6.42 Å². The molecule has 0 spiro atoms. The molecule has 1 atom stereocenters. The van der Waals surface area contributed by atoms with Gasteiger partial charge in [0, 0.05) is 31.7 Å². The van der Waals surface area contributed by atoms with Gasteiger partial charge in [-0.2, -0.15) is 5.10 Å². The van der Waals surface area contributed by atoms with Crippen LogP contribution in [0.25, 0.3) is 0 Å². The number of hydrogen-bond donors (Lipinski definition) is 3. The lowest BCUT2D eigenvalue weighted by Gasteiger charge is -2.30. The molecule has 17 heavy (non-hydrogen) atoms.